The van der Waals surface area contributed by atoms with Gasteiger partial charge in [0.15, 0.2) is 5.78 Å². The van der Waals surface area contributed by atoms with Crippen molar-refractivity contribution in [3.05, 3.63) is 63.7 Å². The van der Waals surface area contributed by atoms with Gasteiger partial charge in [-0.3, -0.25) is 9.59 Å². The number of rotatable bonds is 4. The van der Waals surface area contributed by atoms with E-state index in [0.29, 0.717) is 16.9 Å². The zero-order valence-electron chi connectivity index (χ0n) is 18.2. The Hall–Kier alpha value is -2.66. The van der Waals surface area contributed by atoms with Crippen molar-refractivity contribution < 1.29 is 19.1 Å². The van der Waals surface area contributed by atoms with Crippen LogP contribution in [0.5, 0.6) is 5.75 Å². The molecule has 1 aliphatic rings. The van der Waals surface area contributed by atoms with E-state index in [1.807, 2.05) is 46.8 Å². The lowest BCUT2D eigenvalue weighted by atomic mass is 9.85. The first-order valence-electron chi connectivity index (χ1n) is 9.80. The van der Waals surface area contributed by atoms with Crippen LogP contribution in [0.2, 0.25) is 0 Å². The Morgan fingerprint density at radius 2 is 1.66 bits per heavy atom. The van der Waals surface area contributed by atoms with Crippen LogP contribution in [0.1, 0.15) is 69.8 Å². The average Bonchev–Trinajstić information content (AvgIpc) is 2.64. The van der Waals surface area contributed by atoms with E-state index >= 15 is 0 Å². The highest BCUT2D eigenvalue weighted by Gasteiger charge is 2.45. The third-order valence-corrected chi connectivity index (χ3v) is 5.84. The molecule has 2 atom stereocenters. The molecular formula is C24H29NO4. The third kappa shape index (κ3) is 3.92. The molecule has 2 aromatic rings. The SMILES string of the molecule is CO[C@H]1[C@@H](NC(=O)c2cc(C)c(C)c(C)c2)c2cc(C(C)=O)ccc2OC1(C)C. The molecule has 2 aromatic carbocycles. The molecule has 5 heteroatoms. The Labute approximate surface area is 172 Å². The van der Waals surface area contributed by atoms with Crippen LogP contribution in [0.4, 0.5) is 0 Å². The summed E-state index contributed by atoms with van der Waals surface area (Å²) < 4.78 is 11.9. The van der Waals surface area contributed by atoms with Crippen LogP contribution in [-0.4, -0.2) is 30.5 Å². The molecule has 0 spiro atoms. The molecule has 0 fully saturated rings. The van der Waals surface area contributed by atoms with E-state index in [0.717, 1.165) is 16.7 Å². The number of benzene rings is 2. The topological polar surface area (TPSA) is 64.6 Å². The Morgan fingerprint density at radius 3 is 2.21 bits per heavy atom. The van der Waals surface area contributed by atoms with Crippen LogP contribution in [0, 0.1) is 20.8 Å². The van der Waals surface area contributed by atoms with Gasteiger partial charge in [-0.25, -0.2) is 0 Å². The average molecular weight is 395 g/mol. The number of ketones is 1. The summed E-state index contributed by atoms with van der Waals surface area (Å²) in [6.07, 6.45) is -0.422. The lowest BCUT2D eigenvalue weighted by Crippen LogP contribution is -2.54. The van der Waals surface area contributed by atoms with Crippen LogP contribution in [-0.2, 0) is 4.74 Å². The Bertz CT molecular complexity index is 954. The summed E-state index contributed by atoms with van der Waals surface area (Å²) in [5, 5.41) is 3.13. The van der Waals surface area contributed by atoms with E-state index in [2.05, 4.69) is 5.32 Å². The second-order valence-electron chi connectivity index (χ2n) is 8.36. The maximum absolute atomic E-state index is 13.2. The molecule has 154 valence electrons. The molecule has 0 saturated heterocycles. The second kappa shape index (κ2) is 7.64. The number of carbonyl (C=O) groups excluding carboxylic acids is 2. The van der Waals surface area contributed by atoms with Crippen molar-refractivity contribution in [2.24, 2.45) is 0 Å². The van der Waals surface area contributed by atoms with Gasteiger partial charge in [0.1, 0.15) is 17.5 Å². The molecule has 0 unspecified atom stereocenters. The largest absolute Gasteiger partial charge is 0.485 e. The maximum Gasteiger partial charge on any atom is 0.251 e. The normalized spacial score (nSPS) is 19.8. The van der Waals surface area contributed by atoms with Gasteiger partial charge in [0.25, 0.3) is 5.91 Å². The van der Waals surface area contributed by atoms with E-state index < -0.39 is 17.7 Å². The minimum atomic E-state index is -0.656. The number of Topliss-reactive ketones (excluding diaryl/α,β-unsaturated/α-hetero) is 1. The predicted molar refractivity (Wildman–Crippen MR) is 113 cm³/mol. The Kier molecular flexibility index (Phi) is 5.54. The number of methoxy groups -OCH3 is 1. The zero-order chi connectivity index (χ0) is 21.5. The fourth-order valence-electron chi connectivity index (χ4n) is 3.97. The van der Waals surface area contributed by atoms with Gasteiger partial charge in [0.2, 0.25) is 0 Å². The highest BCUT2D eigenvalue weighted by atomic mass is 16.6. The van der Waals surface area contributed by atoms with Gasteiger partial charge in [0, 0.05) is 23.8 Å². The minimum absolute atomic E-state index is 0.0403. The van der Waals surface area contributed by atoms with Gasteiger partial charge in [-0.15, -0.1) is 0 Å². The van der Waals surface area contributed by atoms with E-state index in [1.54, 1.807) is 25.3 Å². The molecule has 1 amide bonds. The molecule has 5 nitrogen and oxygen atoms in total. The predicted octanol–water partition coefficient (Wildman–Crippen LogP) is 4.47. The molecule has 1 N–H and O–H groups in total. The van der Waals surface area contributed by atoms with Gasteiger partial charge in [0.05, 0.1) is 6.04 Å². The van der Waals surface area contributed by atoms with Crippen molar-refractivity contribution in [2.45, 2.75) is 59.3 Å². The van der Waals surface area contributed by atoms with Gasteiger partial charge >= 0.3 is 0 Å². The van der Waals surface area contributed by atoms with Crippen molar-refractivity contribution >= 4 is 11.7 Å². The van der Waals surface area contributed by atoms with Crippen LogP contribution >= 0.6 is 0 Å². The third-order valence-electron chi connectivity index (χ3n) is 5.84. The van der Waals surface area contributed by atoms with Crippen molar-refractivity contribution in [1.82, 2.24) is 5.32 Å². The first-order valence-corrected chi connectivity index (χ1v) is 9.80. The fraction of sp³-hybridized carbons (Fsp3) is 0.417. The fourth-order valence-corrected chi connectivity index (χ4v) is 3.97. The van der Waals surface area contributed by atoms with Crippen LogP contribution in [0.25, 0.3) is 0 Å². The Morgan fingerprint density at radius 1 is 1.03 bits per heavy atom. The number of aryl methyl sites for hydroxylation is 2. The number of hydrogen-bond donors (Lipinski definition) is 1. The summed E-state index contributed by atoms with van der Waals surface area (Å²) in [5.41, 5.74) is 4.60. The lowest BCUT2D eigenvalue weighted by Gasteiger charge is -2.44. The number of carbonyl (C=O) groups is 2. The van der Waals surface area contributed by atoms with Gasteiger partial charge in [-0.2, -0.15) is 0 Å². The van der Waals surface area contributed by atoms with Crippen molar-refractivity contribution in [3.8, 4) is 5.75 Å². The molecule has 3 rings (SSSR count). The highest BCUT2D eigenvalue weighted by molar-refractivity contribution is 5.96. The second-order valence-corrected chi connectivity index (χ2v) is 8.36. The number of fused-ring (bicyclic) bond motifs is 1. The quantitative estimate of drug-likeness (QED) is 0.776. The zero-order valence-corrected chi connectivity index (χ0v) is 18.2. The molecule has 1 aliphatic heterocycles. The van der Waals surface area contributed by atoms with Crippen molar-refractivity contribution in [2.75, 3.05) is 7.11 Å². The smallest absolute Gasteiger partial charge is 0.251 e. The molecule has 1 heterocycles. The van der Waals surface area contributed by atoms with Crippen molar-refractivity contribution in [3.63, 3.8) is 0 Å². The lowest BCUT2D eigenvalue weighted by molar-refractivity contribution is -0.0844. The first kappa shape index (κ1) is 21.1. The number of ether oxygens (including phenoxy) is 2. The first-order chi connectivity index (χ1) is 13.5. The van der Waals surface area contributed by atoms with E-state index in [9.17, 15) is 9.59 Å². The molecule has 0 aliphatic carbocycles. The van der Waals surface area contributed by atoms with E-state index in [1.165, 1.54) is 12.5 Å². The molecule has 0 bridgehead atoms. The summed E-state index contributed by atoms with van der Waals surface area (Å²) in [5.74, 6) is 0.427. The van der Waals surface area contributed by atoms with Gasteiger partial charge in [-0.1, -0.05) is 0 Å². The Balaban J connectivity index is 2.05. The summed E-state index contributed by atoms with van der Waals surface area (Å²) in [4.78, 5) is 25.1. The number of hydrogen-bond acceptors (Lipinski definition) is 4. The maximum atomic E-state index is 13.2. The van der Waals surface area contributed by atoms with Gasteiger partial charge < -0.3 is 14.8 Å². The molecule has 0 aromatic heterocycles. The molecular weight excluding hydrogens is 366 g/mol. The minimum Gasteiger partial charge on any atom is -0.485 e. The summed E-state index contributed by atoms with van der Waals surface area (Å²) >= 11 is 0. The van der Waals surface area contributed by atoms with E-state index in [4.69, 9.17) is 9.47 Å². The number of amides is 1. The standard InChI is InChI=1S/C24H29NO4/c1-13-10-18(11-14(2)15(13)3)23(27)25-21-19-12-17(16(4)26)8-9-20(19)29-24(5,6)22(21)28-7/h8-12,21-22H,1-7H3,(H,25,27)/t21-,22-/m0/s1. The van der Waals surface area contributed by atoms with Crippen LogP contribution in [0.3, 0.4) is 0 Å². The summed E-state index contributed by atoms with van der Waals surface area (Å²) in [6.45, 7) is 11.4. The molecule has 29 heavy (non-hydrogen) atoms. The number of nitrogens with one attached hydrogen (secondary N) is 1. The van der Waals surface area contributed by atoms with Crippen molar-refractivity contribution in [1.29, 1.82) is 0 Å². The summed E-state index contributed by atoms with van der Waals surface area (Å²) in [7, 11) is 1.61. The van der Waals surface area contributed by atoms with E-state index in [-0.39, 0.29) is 11.7 Å². The monoisotopic (exact) mass is 395 g/mol. The molecule has 0 radical (unpaired) electrons. The van der Waals surface area contributed by atoms with Crippen LogP contribution in [0.15, 0.2) is 30.3 Å². The van der Waals surface area contributed by atoms with Crippen LogP contribution < -0.4 is 10.1 Å². The summed E-state index contributed by atoms with van der Waals surface area (Å²) in [6, 6.07) is 8.67. The molecule has 0 saturated carbocycles. The highest BCUT2D eigenvalue weighted by Crippen LogP contribution is 2.41. The van der Waals surface area contributed by atoms with Gasteiger partial charge in [-0.05, 0) is 88.6 Å².